The zero-order valence-corrected chi connectivity index (χ0v) is 12.9. The van der Waals surface area contributed by atoms with E-state index in [1.165, 1.54) is 0 Å². The van der Waals surface area contributed by atoms with E-state index in [-0.39, 0.29) is 17.8 Å². The van der Waals surface area contributed by atoms with Crippen molar-refractivity contribution in [2.75, 3.05) is 18.8 Å². The van der Waals surface area contributed by atoms with Gasteiger partial charge in [0.25, 0.3) is 0 Å². The van der Waals surface area contributed by atoms with Gasteiger partial charge in [-0.2, -0.15) is 0 Å². The Morgan fingerprint density at radius 1 is 1.30 bits per heavy atom. The number of benzene rings is 1. The number of piperidine rings is 1. The first kappa shape index (κ1) is 15.3. The first-order chi connectivity index (χ1) is 9.47. The van der Waals surface area contributed by atoms with Gasteiger partial charge in [-0.15, -0.1) is 0 Å². The third-order valence-corrected chi connectivity index (χ3v) is 5.31. The molecule has 1 aliphatic heterocycles. The van der Waals surface area contributed by atoms with Crippen LogP contribution in [0.4, 0.5) is 0 Å². The van der Waals surface area contributed by atoms with Crippen molar-refractivity contribution in [3.63, 3.8) is 0 Å². The molecule has 1 unspecified atom stereocenters. The maximum Gasteiger partial charge on any atom is 0.178 e. The van der Waals surface area contributed by atoms with Crippen LogP contribution in [0.5, 0.6) is 5.75 Å². The molecule has 0 aliphatic carbocycles. The monoisotopic (exact) mass is 297 g/mol. The number of nitrogens with one attached hydrogen (secondary N) is 1. The highest BCUT2D eigenvalue weighted by atomic mass is 32.2. The van der Waals surface area contributed by atoms with E-state index in [0.29, 0.717) is 10.6 Å². The van der Waals surface area contributed by atoms with Gasteiger partial charge in [0.15, 0.2) is 9.84 Å². The fraction of sp³-hybridized carbons (Fsp3) is 0.600. The predicted octanol–water partition coefficient (Wildman–Crippen LogP) is 2.25. The number of rotatable bonds is 5. The maximum atomic E-state index is 12.4. The molecule has 1 aromatic rings. The lowest BCUT2D eigenvalue weighted by atomic mass is 10.0. The van der Waals surface area contributed by atoms with Crippen molar-refractivity contribution in [2.45, 2.75) is 37.7 Å². The molecule has 20 heavy (non-hydrogen) atoms. The van der Waals surface area contributed by atoms with Gasteiger partial charge in [-0.1, -0.05) is 0 Å². The van der Waals surface area contributed by atoms with Crippen LogP contribution in [0.2, 0.25) is 0 Å². The molecule has 0 radical (unpaired) electrons. The van der Waals surface area contributed by atoms with Crippen molar-refractivity contribution < 1.29 is 13.2 Å². The highest BCUT2D eigenvalue weighted by molar-refractivity contribution is 7.91. The zero-order valence-electron chi connectivity index (χ0n) is 12.1. The van der Waals surface area contributed by atoms with Gasteiger partial charge < -0.3 is 10.1 Å². The molecule has 0 bridgehead atoms. The third-order valence-electron chi connectivity index (χ3n) is 3.41. The summed E-state index contributed by atoms with van der Waals surface area (Å²) < 4.78 is 30.3. The topological polar surface area (TPSA) is 55.4 Å². The molecule has 1 aromatic carbocycles. The van der Waals surface area contributed by atoms with Crippen LogP contribution < -0.4 is 10.1 Å². The smallest absolute Gasteiger partial charge is 0.178 e. The molecular weight excluding hydrogens is 274 g/mol. The van der Waals surface area contributed by atoms with Crippen molar-refractivity contribution in [1.29, 1.82) is 0 Å². The van der Waals surface area contributed by atoms with E-state index in [4.69, 9.17) is 4.74 Å². The lowest BCUT2D eigenvalue weighted by molar-refractivity contribution is 0.242. The summed E-state index contributed by atoms with van der Waals surface area (Å²) in [7, 11) is -3.20. The molecule has 0 aromatic heterocycles. The lowest BCUT2D eigenvalue weighted by Gasteiger charge is -2.22. The van der Waals surface area contributed by atoms with Crippen LogP contribution in [-0.2, 0) is 9.84 Å². The van der Waals surface area contributed by atoms with E-state index in [0.717, 1.165) is 25.9 Å². The molecule has 1 aliphatic rings. The van der Waals surface area contributed by atoms with Crippen LogP contribution in [0.15, 0.2) is 29.2 Å². The Morgan fingerprint density at radius 2 is 2.00 bits per heavy atom. The Balaban J connectivity index is 2.04. The molecule has 1 saturated heterocycles. The van der Waals surface area contributed by atoms with Crippen LogP contribution in [0.1, 0.15) is 26.7 Å². The minimum absolute atomic E-state index is 0.0887. The van der Waals surface area contributed by atoms with Crippen LogP contribution in [0.3, 0.4) is 0 Å². The van der Waals surface area contributed by atoms with E-state index in [1.54, 1.807) is 24.3 Å². The number of hydrogen-bond acceptors (Lipinski definition) is 4. The molecular formula is C15H23NO3S. The van der Waals surface area contributed by atoms with Crippen molar-refractivity contribution in [3.8, 4) is 5.75 Å². The summed E-state index contributed by atoms with van der Waals surface area (Å²) in [6, 6.07) is 6.74. The molecule has 5 heteroatoms. The molecule has 1 atom stereocenters. The SMILES string of the molecule is CC(C)Oc1ccc(S(=O)(=O)CC2CCCNC2)cc1. The molecule has 4 nitrogen and oxygen atoms in total. The highest BCUT2D eigenvalue weighted by Gasteiger charge is 2.22. The van der Waals surface area contributed by atoms with Crippen LogP contribution >= 0.6 is 0 Å². The molecule has 2 rings (SSSR count). The van der Waals surface area contributed by atoms with Gasteiger partial charge in [0, 0.05) is 0 Å². The highest BCUT2D eigenvalue weighted by Crippen LogP contribution is 2.21. The largest absolute Gasteiger partial charge is 0.491 e. The Labute approximate surface area is 121 Å². The standard InChI is InChI=1S/C15H23NO3S/c1-12(2)19-14-5-7-15(8-6-14)20(17,18)11-13-4-3-9-16-10-13/h5-8,12-13,16H,3-4,9-11H2,1-2H3. The first-order valence-electron chi connectivity index (χ1n) is 7.17. The van der Waals surface area contributed by atoms with Crippen LogP contribution in [0.25, 0.3) is 0 Å². The maximum absolute atomic E-state index is 12.4. The summed E-state index contributed by atoms with van der Waals surface area (Å²) in [5, 5.41) is 3.26. The van der Waals surface area contributed by atoms with Crippen LogP contribution in [-0.4, -0.2) is 33.4 Å². The Kier molecular flexibility index (Phi) is 5.05. The Bertz CT molecular complexity index is 517. The summed E-state index contributed by atoms with van der Waals surface area (Å²) in [4.78, 5) is 0.388. The van der Waals surface area contributed by atoms with E-state index in [1.807, 2.05) is 13.8 Å². The fourth-order valence-corrected chi connectivity index (χ4v) is 4.12. The fourth-order valence-electron chi connectivity index (χ4n) is 2.47. The summed E-state index contributed by atoms with van der Waals surface area (Å²) in [5.41, 5.74) is 0. The second-order valence-corrected chi connectivity index (χ2v) is 7.67. The summed E-state index contributed by atoms with van der Waals surface area (Å²) in [6.45, 7) is 5.69. The Morgan fingerprint density at radius 3 is 2.55 bits per heavy atom. The predicted molar refractivity (Wildman–Crippen MR) is 79.9 cm³/mol. The minimum Gasteiger partial charge on any atom is -0.491 e. The number of sulfone groups is 1. The van der Waals surface area contributed by atoms with Gasteiger partial charge in [0.05, 0.1) is 16.8 Å². The first-order valence-corrected chi connectivity index (χ1v) is 8.83. The van der Waals surface area contributed by atoms with E-state index in [2.05, 4.69) is 5.32 Å². The van der Waals surface area contributed by atoms with E-state index in [9.17, 15) is 8.42 Å². The van der Waals surface area contributed by atoms with Crippen molar-refractivity contribution in [1.82, 2.24) is 5.32 Å². The molecule has 112 valence electrons. The second kappa shape index (κ2) is 6.59. The quantitative estimate of drug-likeness (QED) is 0.905. The van der Waals surface area contributed by atoms with Crippen molar-refractivity contribution in [2.24, 2.45) is 5.92 Å². The van der Waals surface area contributed by atoms with Gasteiger partial charge in [-0.05, 0) is 70.0 Å². The van der Waals surface area contributed by atoms with Crippen molar-refractivity contribution in [3.05, 3.63) is 24.3 Å². The van der Waals surface area contributed by atoms with Gasteiger partial charge in [-0.25, -0.2) is 8.42 Å². The average Bonchev–Trinajstić information content (AvgIpc) is 2.39. The summed E-state index contributed by atoms with van der Waals surface area (Å²) >= 11 is 0. The Hall–Kier alpha value is -1.07. The third kappa shape index (κ3) is 4.21. The molecule has 0 amide bonds. The average molecular weight is 297 g/mol. The minimum atomic E-state index is -3.20. The van der Waals surface area contributed by atoms with E-state index < -0.39 is 9.84 Å². The molecule has 1 fully saturated rings. The van der Waals surface area contributed by atoms with Gasteiger partial charge in [0.2, 0.25) is 0 Å². The summed E-state index contributed by atoms with van der Waals surface area (Å²) in [6.07, 6.45) is 2.13. The molecule has 0 saturated carbocycles. The normalized spacial score (nSPS) is 20.1. The molecule has 1 N–H and O–H groups in total. The number of ether oxygens (including phenoxy) is 1. The lowest BCUT2D eigenvalue weighted by Crippen LogP contribution is -2.33. The second-order valence-electron chi connectivity index (χ2n) is 5.63. The molecule has 1 heterocycles. The summed E-state index contributed by atoms with van der Waals surface area (Å²) in [5.74, 6) is 1.16. The van der Waals surface area contributed by atoms with Gasteiger partial charge in [-0.3, -0.25) is 0 Å². The number of hydrogen-bond donors (Lipinski definition) is 1. The van der Waals surface area contributed by atoms with Crippen LogP contribution in [0, 0.1) is 5.92 Å². The van der Waals surface area contributed by atoms with Gasteiger partial charge in [0.1, 0.15) is 5.75 Å². The zero-order chi connectivity index (χ0) is 14.6. The van der Waals surface area contributed by atoms with E-state index >= 15 is 0 Å². The molecule has 0 spiro atoms. The van der Waals surface area contributed by atoms with Crippen molar-refractivity contribution >= 4 is 9.84 Å². The van der Waals surface area contributed by atoms with Gasteiger partial charge >= 0.3 is 0 Å².